The zero-order valence-electron chi connectivity index (χ0n) is 13.4. The molecular formula is C14H23FN2O3Si. The molecule has 0 amide bonds. The van der Waals surface area contributed by atoms with Crippen LogP contribution in [0.3, 0.4) is 0 Å². The first-order valence-corrected chi connectivity index (χ1v) is 9.71. The molecule has 0 fully saturated rings. The Balaban J connectivity index is 3.12. The lowest BCUT2D eigenvalue weighted by Crippen LogP contribution is -2.48. The average molecular weight is 314 g/mol. The first-order chi connectivity index (χ1) is 9.43. The molecule has 0 radical (unpaired) electrons. The minimum atomic E-state index is -2.19. The molecule has 21 heavy (non-hydrogen) atoms. The van der Waals surface area contributed by atoms with Crippen LogP contribution in [0.4, 0.5) is 10.1 Å². The first-order valence-electron chi connectivity index (χ1n) is 6.80. The van der Waals surface area contributed by atoms with Gasteiger partial charge in [-0.2, -0.15) is 0 Å². The topological polar surface area (TPSA) is 65.3 Å². The monoisotopic (exact) mass is 314 g/mol. The lowest BCUT2D eigenvalue weighted by molar-refractivity contribution is -0.385. The molecule has 118 valence electrons. The van der Waals surface area contributed by atoms with E-state index in [2.05, 4.69) is 25.8 Å². The van der Waals surface area contributed by atoms with Crippen molar-refractivity contribution in [1.82, 2.24) is 4.98 Å². The van der Waals surface area contributed by atoms with Crippen molar-refractivity contribution in [3.63, 3.8) is 0 Å². The third-order valence-corrected chi connectivity index (χ3v) is 8.62. The van der Waals surface area contributed by atoms with Crippen LogP contribution in [0.1, 0.15) is 33.4 Å². The third-order valence-electron chi connectivity index (χ3n) is 4.04. The largest absolute Gasteiger partial charge is 0.403 e. The van der Waals surface area contributed by atoms with E-state index < -0.39 is 25.5 Å². The molecule has 0 aliphatic heterocycles. The molecule has 0 bridgehead atoms. The Morgan fingerprint density at radius 1 is 1.33 bits per heavy atom. The summed E-state index contributed by atoms with van der Waals surface area (Å²) in [5.74, 6) is 0. The van der Waals surface area contributed by atoms with Gasteiger partial charge in [-0.15, -0.1) is 0 Å². The number of pyridine rings is 1. The lowest BCUT2D eigenvalue weighted by atomic mass is 10.0. The van der Waals surface area contributed by atoms with Crippen LogP contribution in [0.5, 0.6) is 0 Å². The first kappa shape index (κ1) is 17.7. The number of nitro groups is 1. The molecule has 1 aromatic rings. The van der Waals surface area contributed by atoms with E-state index in [9.17, 15) is 14.5 Å². The summed E-state index contributed by atoms with van der Waals surface area (Å²) >= 11 is 0. The van der Waals surface area contributed by atoms with Gasteiger partial charge >= 0.3 is 0 Å². The highest BCUT2D eigenvalue weighted by Crippen LogP contribution is 2.41. The van der Waals surface area contributed by atoms with Gasteiger partial charge in [0, 0.05) is 6.07 Å². The quantitative estimate of drug-likeness (QED) is 0.464. The smallest absolute Gasteiger partial charge is 0.287 e. The number of hydrogen-bond donors (Lipinski definition) is 0. The Morgan fingerprint density at radius 2 is 1.90 bits per heavy atom. The van der Waals surface area contributed by atoms with Gasteiger partial charge in [0.25, 0.3) is 5.69 Å². The van der Waals surface area contributed by atoms with Crippen LogP contribution in [0.25, 0.3) is 0 Å². The predicted octanol–water partition coefficient (Wildman–Crippen LogP) is 4.20. The Hall–Kier alpha value is -1.34. The summed E-state index contributed by atoms with van der Waals surface area (Å²) < 4.78 is 19.8. The third kappa shape index (κ3) is 3.85. The lowest BCUT2D eigenvalue weighted by Gasteiger charge is -2.42. The van der Waals surface area contributed by atoms with E-state index >= 15 is 0 Å². The molecule has 1 rings (SSSR count). The minimum Gasteiger partial charge on any atom is -0.403 e. The number of halogens is 1. The minimum absolute atomic E-state index is 0.0653. The van der Waals surface area contributed by atoms with E-state index in [1.807, 2.05) is 13.1 Å². The van der Waals surface area contributed by atoms with E-state index in [0.717, 1.165) is 6.20 Å². The van der Waals surface area contributed by atoms with Gasteiger partial charge in [-0.25, -0.2) is 4.39 Å². The summed E-state index contributed by atoms with van der Waals surface area (Å²) in [7, 11) is -2.19. The van der Waals surface area contributed by atoms with Crippen LogP contribution < -0.4 is 0 Å². The SMILES string of the molecule is CC(CF)(O[Si](C)(C)C(C)(C)C)c1ccc([N+](=O)[O-])cn1. The highest BCUT2D eigenvalue weighted by molar-refractivity contribution is 6.74. The van der Waals surface area contributed by atoms with Crippen LogP contribution in [-0.2, 0) is 10.0 Å². The van der Waals surface area contributed by atoms with E-state index in [1.54, 1.807) is 6.92 Å². The van der Waals surface area contributed by atoms with Gasteiger partial charge in [-0.05, 0) is 31.1 Å². The van der Waals surface area contributed by atoms with Crippen LogP contribution >= 0.6 is 0 Å². The highest BCUT2D eigenvalue weighted by Gasteiger charge is 2.44. The van der Waals surface area contributed by atoms with Gasteiger partial charge in [-0.1, -0.05) is 20.8 Å². The Labute approximate surface area is 125 Å². The van der Waals surface area contributed by atoms with Crippen molar-refractivity contribution in [3.8, 4) is 0 Å². The standard InChI is InChI=1S/C14H23FN2O3Si/c1-13(2,3)21(5,6)20-14(4,10-15)12-8-7-11(9-16-12)17(18)19/h7-9H,10H2,1-6H3. The molecule has 5 nitrogen and oxygen atoms in total. The second-order valence-corrected chi connectivity index (χ2v) is 11.6. The number of rotatable bonds is 5. The fourth-order valence-electron chi connectivity index (χ4n) is 1.67. The normalized spacial score (nSPS) is 15.6. The second kappa shape index (κ2) is 5.80. The van der Waals surface area contributed by atoms with E-state index in [1.165, 1.54) is 12.1 Å². The van der Waals surface area contributed by atoms with Gasteiger partial charge in [0.05, 0.1) is 10.6 Å². The Kier molecular flexibility index (Phi) is 4.89. The maximum atomic E-state index is 13.6. The zero-order chi connectivity index (χ0) is 16.5. The summed E-state index contributed by atoms with van der Waals surface area (Å²) in [6.07, 6.45) is 1.14. The summed E-state index contributed by atoms with van der Waals surface area (Å²) in [6, 6.07) is 2.79. The molecule has 7 heteroatoms. The molecular weight excluding hydrogens is 291 g/mol. The second-order valence-electron chi connectivity index (χ2n) is 6.89. The molecule has 1 unspecified atom stereocenters. The number of aromatic nitrogens is 1. The van der Waals surface area contributed by atoms with Gasteiger partial charge in [0.15, 0.2) is 8.32 Å². The predicted molar refractivity (Wildman–Crippen MR) is 82.5 cm³/mol. The fourth-order valence-corrected chi connectivity index (χ4v) is 3.26. The summed E-state index contributed by atoms with van der Waals surface area (Å²) in [4.78, 5) is 14.2. The van der Waals surface area contributed by atoms with Crippen molar-refractivity contribution >= 4 is 14.0 Å². The van der Waals surface area contributed by atoms with E-state index in [-0.39, 0.29) is 10.7 Å². The highest BCUT2D eigenvalue weighted by atomic mass is 28.4. The summed E-state index contributed by atoms with van der Waals surface area (Å²) in [6.45, 7) is 11.2. The Bertz CT molecular complexity index is 514. The number of alkyl halides is 1. The van der Waals surface area contributed by atoms with E-state index in [0.29, 0.717) is 5.69 Å². The average Bonchev–Trinajstić information content (AvgIpc) is 2.37. The summed E-state index contributed by atoms with van der Waals surface area (Å²) in [5.41, 5.74) is -0.925. The van der Waals surface area contributed by atoms with Crippen molar-refractivity contribution in [2.45, 2.75) is 51.4 Å². The maximum absolute atomic E-state index is 13.6. The molecule has 0 aliphatic carbocycles. The number of nitrogens with zero attached hydrogens (tertiary/aromatic N) is 2. The molecule has 0 saturated carbocycles. The number of hydrogen-bond acceptors (Lipinski definition) is 4. The zero-order valence-corrected chi connectivity index (χ0v) is 14.4. The molecule has 1 heterocycles. The van der Waals surface area contributed by atoms with Crippen molar-refractivity contribution in [3.05, 3.63) is 34.1 Å². The fraction of sp³-hybridized carbons (Fsp3) is 0.643. The van der Waals surface area contributed by atoms with Gasteiger partial charge < -0.3 is 4.43 Å². The Morgan fingerprint density at radius 3 is 2.24 bits per heavy atom. The molecule has 0 saturated heterocycles. The molecule has 1 atom stereocenters. The molecule has 0 N–H and O–H groups in total. The van der Waals surface area contributed by atoms with Crippen molar-refractivity contribution < 1.29 is 13.7 Å². The van der Waals surface area contributed by atoms with Gasteiger partial charge in [0.1, 0.15) is 18.5 Å². The van der Waals surface area contributed by atoms with Crippen LogP contribution in [-0.4, -0.2) is 24.9 Å². The van der Waals surface area contributed by atoms with Gasteiger partial charge in [-0.3, -0.25) is 15.1 Å². The molecule has 0 spiro atoms. The van der Waals surface area contributed by atoms with Crippen molar-refractivity contribution in [1.29, 1.82) is 0 Å². The molecule has 1 aromatic heterocycles. The molecule has 0 aliphatic rings. The van der Waals surface area contributed by atoms with Crippen molar-refractivity contribution in [2.75, 3.05) is 6.67 Å². The van der Waals surface area contributed by atoms with Gasteiger partial charge in [0.2, 0.25) is 0 Å². The summed E-state index contributed by atoms with van der Waals surface area (Å²) in [5, 5.41) is 10.6. The van der Waals surface area contributed by atoms with E-state index in [4.69, 9.17) is 4.43 Å². The maximum Gasteiger partial charge on any atom is 0.287 e. The van der Waals surface area contributed by atoms with Crippen LogP contribution in [0.2, 0.25) is 18.1 Å². The van der Waals surface area contributed by atoms with Crippen LogP contribution in [0, 0.1) is 10.1 Å². The van der Waals surface area contributed by atoms with Crippen LogP contribution in [0.15, 0.2) is 18.3 Å². The molecule has 0 aromatic carbocycles. The van der Waals surface area contributed by atoms with Crippen molar-refractivity contribution in [2.24, 2.45) is 0 Å².